The minimum absolute atomic E-state index is 0.0973. The summed E-state index contributed by atoms with van der Waals surface area (Å²) in [6, 6.07) is 0. The molecule has 22 heavy (non-hydrogen) atoms. The van der Waals surface area contributed by atoms with Crippen LogP contribution in [0.3, 0.4) is 0 Å². The quantitative estimate of drug-likeness (QED) is 0.584. The summed E-state index contributed by atoms with van der Waals surface area (Å²) in [6.07, 6.45) is 6.56. The Morgan fingerprint density at radius 1 is 1.05 bits per heavy atom. The highest BCUT2D eigenvalue weighted by Gasteiger charge is 2.67. The maximum atomic E-state index is 13.2. The Hall–Kier alpha value is -0.470. The van der Waals surface area contributed by atoms with Crippen LogP contribution < -0.4 is 0 Å². The summed E-state index contributed by atoms with van der Waals surface area (Å²) in [6.45, 7) is 8.77. The first-order chi connectivity index (χ1) is 10.3. The molecule has 0 N–H and O–H groups in total. The molecule has 1 amide bonds. The van der Waals surface area contributed by atoms with Crippen molar-refractivity contribution in [2.45, 2.75) is 66.2 Å². The zero-order valence-electron chi connectivity index (χ0n) is 13.9. The van der Waals surface area contributed by atoms with Gasteiger partial charge in [0.05, 0.1) is 5.41 Å². The average molecular weight is 342 g/mol. The molecular weight excluding hydrogens is 317 g/mol. The number of hydrogen-bond donors (Lipinski definition) is 0. The molecule has 2 unspecified atom stereocenters. The van der Waals surface area contributed by atoms with E-state index in [-0.39, 0.29) is 11.3 Å². The molecule has 0 aromatic heterocycles. The van der Waals surface area contributed by atoms with Gasteiger partial charge in [0.1, 0.15) is 0 Å². The van der Waals surface area contributed by atoms with Crippen molar-refractivity contribution in [3.05, 3.63) is 22.3 Å². The fraction of sp³-hybridized carbons (Fsp3) is 0.722. The smallest absolute Gasteiger partial charge is 0.262 e. The minimum atomic E-state index is -0.489. The van der Waals surface area contributed by atoms with Crippen LogP contribution in [0.5, 0.6) is 0 Å². The Morgan fingerprint density at radius 2 is 1.64 bits per heavy atom. The van der Waals surface area contributed by atoms with Crippen LogP contribution >= 0.6 is 23.6 Å². The van der Waals surface area contributed by atoms with Crippen LogP contribution in [0.15, 0.2) is 22.3 Å². The van der Waals surface area contributed by atoms with E-state index in [1.807, 2.05) is 0 Å². The first-order valence-electron chi connectivity index (χ1n) is 8.33. The van der Waals surface area contributed by atoms with E-state index in [9.17, 15) is 4.79 Å². The highest BCUT2D eigenvalue weighted by atomic mass is 35.5. The largest absolute Gasteiger partial charge is 0.271 e. The van der Waals surface area contributed by atoms with Crippen LogP contribution in [-0.2, 0) is 4.79 Å². The maximum absolute atomic E-state index is 13.2. The molecule has 0 heterocycles. The second-order valence-electron chi connectivity index (χ2n) is 7.50. The lowest BCUT2D eigenvalue weighted by atomic mass is 9.56. The number of amides is 1. The van der Waals surface area contributed by atoms with Gasteiger partial charge in [-0.1, -0.05) is 25.3 Å². The topological polar surface area (TPSA) is 20.3 Å². The zero-order valence-corrected chi connectivity index (χ0v) is 15.4. The standard InChI is InChI=1S/C18H25Cl2NO/c1-11-12(2)14(4)15(13(11)3)18(16(22)21(19)20)8-6-5-7-17(18)9-10-17/h13H,5-10H2,1-4H3. The third-order valence-corrected chi connectivity index (χ3v) is 7.14. The van der Waals surface area contributed by atoms with E-state index in [1.54, 1.807) is 0 Å². The molecule has 0 saturated heterocycles. The molecule has 122 valence electrons. The molecular formula is C18H25Cl2NO. The number of carbonyl (C=O) groups is 1. The van der Waals surface area contributed by atoms with Crippen LogP contribution in [-0.4, -0.2) is 9.85 Å². The van der Waals surface area contributed by atoms with Gasteiger partial charge in [-0.15, -0.1) is 0 Å². The molecule has 0 bridgehead atoms. The first kappa shape index (κ1) is 16.4. The molecule has 2 atom stereocenters. The fourth-order valence-corrected chi connectivity index (χ4v) is 5.52. The average Bonchev–Trinajstić information content (AvgIpc) is 3.23. The summed E-state index contributed by atoms with van der Waals surface area (Å²) >= 11 is 11.9. The maximum Gasteiger partial charge on any atom is 0.262 e. The molecule has 0 aromatic carbocycles. The van der Waals surface area contributed by atoms with Crippen LogP contribution in [0.2, 0.25) is 0 Å². The summed E-state index contributed by atoms with van der Waals surface area (Å²) in [7, 11) is 0. The Morgan fingerprint density at radius 3 is 2.09 bits per heavy atom. The van der Waals surface area contributed by atoms with Crippen molar-refractivity contribution < 1.29 is 4.79 Å². The van der Waals surface area contributed by atoms with Crippen molar-refractivity contribution in [1.82, 2.24) is 3.94 Å². The number of hydrogen-bond acceptors (Lipinski definition) is 1. The van der Waals surface area contributed by atoms with Crippen molar-refractivity contribution in [2.24, 2.45) is 16.7 Å². The predicted octanol–water partition coefficient (Wildman–Crippen LogP) is 5.77. The van der Waals surface area contributed by atoms with E-state index in [0.29, 0.717) is 5.92 Å². The normalized spacial score (nSPS) is 33.6. The molecule has 3 aliphatic carbocycles. The lowest BCUT2D eigenvalue weighted by Gasteiger charge is -2.47. The van der Waals surface area contributed by atoms with Gasteiger partial charge in [0.25, 0.3) is 5.91 Å². The molecule has 0 radical (unpaired) electrons. The zero-order chi connectivity index (χ0) is 16.3. The molecule has 2 saturated carbocycles. The van der Waals surface area contributed by atoms with Crippen LogP contribution in [0.25, 0.3) is 0 Å². The van der Waals surface area contributed by atoms with Crippen molar-refractivity contribution in [1.29, 1.82) is 0 Å². The third-order valence-electron chi connectivity index (χ3n) is 6.83. The Labute approximate surface area is 143 Å². The van der Waals surface area contributed by atoms with Gasteiger partial charge in [-0.05, 0) is 74.5 Å². The molecule has 0 aliphatic heterocycles. The fourth-order valence-electron chi connectivity index (χ4n) is 5.23. The monoisotopic (exact) mass is 341 g/mol. The summed E-state index contributed by atoms with van der Waals surface area (Å²) in [5.74, 6) is 0.213. The van der Waals surface area contributed by atoms with Crippen molar-refractivity contribution >= 4 is 29.5 Å². The molecule has 3 rings (SSSR count). The van der Waals surface area contributed by atoms with E-state index in [0.717, 1.165) is 36.0 Å². The van der Waals surface area contributed by atoms with Crippen LogP contribution in [0.4, 0.5) is 0 Å². The van der Waals surface area contributed by atoms with Crippen molar-refractivity contribution in [3.63, 3.8) is 0 Å². The highest BCUT2D eigenvalue weighted by molar-refractivity contribution is 6.42. The summed E-state index contributed by atoms with van der Waals surface area (Å²) in [4.78, 5) is 13.2. The van der Waals surface area contributed by atoms with Gasteiger partial charge in [-0.2, -0.15) is 3.94 Å². The third kappa shape index (κ3) is 1.96. The second-order valence-corrected chi connectivity index (χ2v) is 8.35. The Balaban J connectivity index is 2.19. The lowest BCUT2D eigenvalue weighted by Crippen LogP contribution is -2.48. The molecule has 2 fully saturated rings. The molecule has 0 aromatic rings. The van der Waals surface area contributed by atoms with Gasteiger partial charge in [0.15, 0.2) is 0 Å². The highest BCUT2D eigenvalue weighted by Crippen LogP contribution is 2.71. The Bertz CT molecular complexity index is 586. The van der Waals surface area contributed by atoms with E-state index in [2.05, 4.69) is 27.7 Å². The van der Waals surface area contributed by atoms with Gasteiger partial charge in [0, 0.05) is 23.6 Å². The van der Waals surface area contributed by atoms with Gasteiger partial charge in [-0.25, -0.2) is 0 Å². The van der Waals surface area contributed by atoms with Crippen LogP contribution in [0, 0.1) is 16.7 Å². The SMILES string of the molecule is CC1=C(C)C(C)C(C2(C(=O)N(Cl)Cl)CCCCC23CC3)=C1C. The predicted molar refractivity (Wildman–Crippen MR) is 91.4 cm³/mol. The van der Waals surface area contributed by atoms with Crippen LogP contribution in [0.1, 0.15) is 66.2 Å². The van der Waals surface area contributed by atoms with Gasteiger partial charge in [-0.3, -0.25) is 4.79 Å². The minimum Gasteiger partial charge on any atom is -0.271 e. The summed E-state index contributed by atoms with van der Waals surface area (Å²) in [5, 5.41) is 0. The van der Waals surface area contributed by atoms with E-state index in [4.69, 9.17) is 23.6 Å². The first-order valence-corrected chi connectivity index (χ1v) is 9.01. The van der Waals surface area contributed by atoms with Crippen molar-refractivity contribution in [3.8, 4) is 0 Å². The van der Waals surface area contributed by atoms with Gasteiger partial charge < -0.3 is 0 Å². The lowest BCUT2D eigenvalue weighted by molar-refractivity contribution is -0.138. The van der Waals surface area contributed by atoms with E-state index < -0.39 is 5.41 Å². The summed E-state index contributed by atoms with van der Waals surface area (Å²) in [5.41, 5.74) is 4.93. The number of nitrogens with zero attached hydrogens (tertiary/aromatic N) is 1. The number of carbonyl (C=O) groups excluding carboxylic acids is 1. The number of rotatable bonds is 2. The summed E-state index contributed by atoms with van der Waals surface area (Å²) < 4.78 is 0.807. The molecule has 3 aliphatic rings. The van der Waals surface area contributed by atoms with Gasteiger partial charge in [0.2, 0.25) is 0 Å². The van der Waals surface area contributed by atoms with Crippen molar-refractivity contribution in [2.75, 3.05) is 0 Å². The Kier molecular flexibility index (Phi) is 3.93. The van der Waals surface area contributed by atoms with Gasteiger partial charge >= 0.3 is 0 Å². The molecule has 4 heteroatoms. The number of halogens is 2. The van der Waals surface area contributed by atoms with E-state index in [1.165, 1.54) is 28.7 Å². The number of allylic oxidation sites excluding steroid dienone is 3. The molecule has 1 spiro atoms. The second kappa shape index (κ2) is 5.27. The van der Waals surface area contributed by atoms with E-state index >= 15 is 0 Å². The molecule has 2 nitrogen and oxygen atoms in total.